The zero-order chi connectivity index (χ0) is 13.6. The molecule has 1 aromatic rings. The van der Waals surface area contributed by atoms with E-state index < -0.39 is 5.97 Å². The average molecular weight is 324 g/mol. The van der Waals surface area contributed by atoms with Gasteiger partial charge in [0.25, 0.3) is 0 Å². The van der Waals surface area contributed by atoms with Gasteiger partial charge in [-0.2, -0.15) is 0 Å². The van der Waals surface area contributed by atoms with Crippen LogP contribution in [0.1, 0.15) is 36.9 Å². The summed E-state index contributed by atoms with van der Waals surface area (Å²) >= 11 is 3.52. The molecule has 102 valence electrons. The molecule has 19 heavy (non-hydrogen) atoms. The Hall–Kier alpha value is -0.870. The number of fused-ring (bicyclic) bond motifs is 1. The van der Waals surface area contributed by atoms with Gasteiger partial charge in [-0.3, -0.25) is 9.69 Å². The second kappa shape index (κ2) is 4.91. The highest BCUT2D eigenvalue weighted by molar-refractivity contribution is 9.10. The van der Waals surface area contributed by atoms with Crippen molar-refractivity contribution in [3.05, 3.63) is 33.8 Å². The van der Waals surface area contributed by atoms with E-state index in [1.165, 1.54) is 11.1 Å². The van der Waals surface area contributed by atoms with Gasteiger partial charge in [-0.25, -0.2) is 0 Å². The van der Waals surface area contributed by atoms with Crippen LogP contribution in [0.2, 0.25) is 0 Å². The number of carboxylic acids is 1. The molecule has 3 rings (SSSR count). The molecule has 0 spiro atoms. The van der Waals surface area contributed by atoms with Gasteiger partial charge in [0.1, 0.15) is 0 Å². The number of hydrogen-bond acceptors (Lipinski definition) is 2. The lowest BCUT2D eigenvalue weighted by atomic mass is 10.0. The zero-order valence-electron chi connectivity index (χ0n) is 11.0. The summed E-state index contributed by atoms with van der Waals surface area (Å²) in [5.41, 5.74) is 2.80. The summed E-state index contributed by atoms with van der Waals surface area (Å²) in [5, 5.41) is 9.24. The first-order chi connectivity index (χ1) is 9.08. The predicted molar refractivity (Wildman–Crippen MR) is 77.1 cm³/mol. The van der Waals surface area contributed by atoms with E-state index in [0.717, 1.165) is 30.3 Å². The fraction of sp³-hybridized carbons (Fsp3) is 0.533. The van der Waals surface area contributed by atoms with Crippen molar-refractivity contribution in [1.29, 1.82) is 0 Å². The van der Waals surface area contributed by atoms with Crippen molar-refractivity contribution < 1.29 is 9.90 Å². The van der Waals surface area contributed by atoms with Crippen molar-refractivity contribution >= 4 is 21.9 Å². The van der Waals surface area contributed by atoms with Crippen molar-refractivity contribution in [2.45, 2.75) is 38.3 Å². The molecule has 1 saturated heterocycles. The summed E-state index contributed by atoms with van der Waals surface area (Å²) in [6, 6.07) is 7.02. The van der Waals surface area contributed by atoms with Gasteiger partial charge in [0, 0.05) is 16.6 Å². The maximum atomic E-state index is 11.2. The molecule has 3 unspecified atom stereocenters. The summed E-state index contributed by atoms with van der Waals surface area (Å²) < 4.78 is 1.13. The number of carbonyl (C=O) groups is 1. The second-order valence-electron chi connectivity index (χ2n) is 5.61. The average Bonchev–Trinajstić information content (AvgIpc) is 2.91. The van der Waals surface area contributed by atoms with E-state index in [-0.39, 0.29) is 12.0 Å². The second-order valence-corrected chi connectivity index (χ2v) is 6.53. The highest BCUT2D eigenvalue weighted by atomic mass is 79.9. The number of likely N-dealkylation sites (tertiary alicyclic amines) is 1. The topological polar surface area (TPSA) is 40.5 Å². The molecule has 4 heteroatoms. The lowest BCUT2D eigenvalue weighted by Crippen LogP contribution is -2.35. The summed E-state index contributed by atoms with van der Waals surface area (Å²) in [5.74, 6) is -0.858. The van der Waals surface area contributed by atoms with Crippen LogP contribution in [0.15, 0.2) is 22.7 Å². The van der Waals surface area contributed by atoms with Gasteiger partial charge in [-0.1, -0.05) is 22.0 Å². The van der Waals surface area contributed by atoms with Crippen LogP contribution in [0.25, 0.3) is 0 Å². The first-order valence-electron chi connectivity index (χ1n) is 6.85. The quantitative estimate of drug-likeness (QED) is 0.908. The minimum Gasteiger partial charge on any atom is -0.481 e. The summed E-state index contributed by atoms with van der Waals surface area (Å²) in [6.07, 6.45) is 2.99. The van der Waals surface area contributed by atoms with Crippen molar-refractivity contribution in [1.82, 2.24) is 4.90 Å². The Morgan fingerprint density at radius 3 is 2.89 bits per heavy atom. The van der Waals surface area contributed by atoms with Crippen LogP contribution >= 0.6 is 15.9 Å². The minimum absolute atomic E-state index is 0.136. The molecule has 1 aromatic carbocycles. The van der Waals surface area contributed by atoms with Crippen molar-refractivity contribution in [3.8, 4) is 0 Å². The Kier molecular flexibility index (Phi) is 3.39. The normalized spacial score (nSPS) is 30.5. The van der Waals surface area contributed by atoms with Crippen molar-refractivity contribution in [2.75, 3.05) is 6.54 Å². The molecule has 0 saturated carbocycles. The number of benzene rings is 1. The third-order valence-electron chi connectivity index (χ3n) is 4.67. The first-order valence-corrected chi connectivity index (χ1v) is 7.64. The molecule has 1 heterocycles. The Morgan fingerprint density at radius 1 is 1.42 bits per heavy atom. The molecule has 0 aromatic heterocycles. The summed E-state index contributed by atoms with van der Waals surface area (Å²) in [4.78, 5) is 13.6. The van der Waals surface area contributed by atoms with Gasteiger partial charge in [-0.05, 0) is 56.0 Å². The van der Waals surface area contributed by atoms with Crippen LogP contribution in [-0.4, -0.2) is 28.6 Å². The molecule has 1 fully saturated rings. The first kappa shape index (κ1) is 13.1. The lowest BCUT2D eigenvalue weighted by Gasteiger charge is -2.30. The summed E-state index contributed by atoms with van der Waals surface area (Å²) in [7, 11) is 0. The van der Waals surface area contributed by atoms with Crippen molar-refractivity contribution in [3.63, 3.8) is 0 Å². The van der Waals surface area contributed by atoms with Gasteiger partial charge >= 0.3 is 5.97 Å². The number of hydrogen-bond donors (Lipinski definition) is 1. The zero-order valence-corrected chi connectivity index (χ0v) is 12.6. The highest BCUT2D eigenvalue weighted by Gasteiger charge is 2.41. The van der Waals surface area contributed by atoms with E-state index in [2.05, 4.69) is 46.0 Å². The van der Waals surface area contributed by atoms with Crippen LogP contribution in [0.4, 0.5) is 0 Å². The fourth-order valence-corrected chi connectivity index (χ4v) is 4.05. The number of aliphatic carboxylic acids is 1. The molecule has 3 atom stereocenters. The highest BCUT2D eigenvalue weighted by Crippen LogP contribution is 2.41. The lowest BCUT2D eigenvalue weighted by molar-refractivity contribution is -0.142. The maximum absolute atomic E-state index is 11.2. The smallest absolute Gasteiger partial charge is 0.308 e. The molecule has 1 N–H and O–H groups in total. The van der Waals surface area contributed by atoms with E-state index in [1.54, 1.807) is 0 Å². The molecular weight excluding hydrogens is 306 g/mol. The van der Waals surface area contributed by atoms with Crippen LogP contribution in [0.5, 0.6) is 0 Å². The SMILES string of the molecule is CC1C(C(=O)O)CCN1C1CCc2cc(Br)ccc21. The molecule has 1 aliphatic heterocycles. The van der Waals surface area contributed by atoms with E-state index in [1.807, 2.05) is 0 Å². The molecule has 3 nitrogen and oxygen atoms in total. The van der Waals surface area contributed by atoms with Crippen LogP contribution in [0, 0.1) is 5.92 Å². The van der Waals surface area contributed by atoms with Crippen LogP contribution < -0.4 is 0 Å². The summed E-state index contributed by atoms with van der Waals surface area (Å²) in [6.45, 7) is 2.96. The predicted octanol–water partition coefficient (Wildman–Crippen LogP) is 3.23. The largest absolute Gasteiger partial charge is 0.481 e. The van der Waals surface area contributed by atoms with Gasteiger partial charge in [0.05, 0.1) is 5.92 Å². The fourth-order valence-electron chi connectivity index (χ4n) is 3.64. The van der Waals surface area contributed by atoms with Gasteiger partial charge in [0.2, 0.25) is 0 Å². The maximum Gasteiger partial charge on any atom is 0.308 e. The van der Waals surface area contributed by atoms with Gasteiger partial charge < -0.3 is 5.11 Å². The van der Waals surface area contributed by atoms with E-state index >= 15 is 0 Å². The third-order valence-corrected chi connectivity index (χ3v) is 5.17. The number of aryl methyl sites for hydroxylation is 1. The molecule has 0 bridgehead atoms. The molecule has 0 amide bonds. The van der Waals surface area contributed by atoms with Gasteiger partial charge in [0.15, 0.2) is 0 Å². The number of halogens is 1. The Labute approximate surface area is 121 Å². The Morgan fingerprint density at radius 2 is 2.21 bits per heavy atom. The van der Waals surface area contributed by atoms with Crippen molar-refractivity contribution in [2.24, 2.45) is 5.92 Å². The molecule has 1 aliphatic carbocycles. The molecule has 0 radical (unpaired) electrons. The Bertz CT molecular complexity index is 517. The van der Waals surface area contributed by atoms with Crippen LogP contribution in [-0.2, 0) is 11.2 Å². The minimum atomic E-state index is -0.649. The molecular formula is C15H18BrNO2. The standard InChI is InChI=1S/C15H18BrNO2/c1-9-12(15(18)19)6-7-17(9)14-5-2-10-8-11(16)3-4-13(10)14/h3-4,8-9,12,14H,2,5-7H2,1H3,(H,18,19). The van der Waals surface area contributed by atoms with Crippen LogP contribution in [0.3, 0.4) is 0 Å². The van der Waals surface area contributed by atoms with E-state index in [0.29, 0.717) is 6.04 Å². The number of nitrogens with zero attached hydrogens (tertiary/aromatic N) is 1. The van der Waals surface area contributed by atoms with E-state index in [9.17, 15) is 9.90 Å². The van der Waals surface area contributed by atoms with Gasteiger partial charge in [-0.15, -0.1) is 0 Å². The number of carboxylic acid groups (broad SMARTS) is 1. The Balaban J connectivity index is 1.85. The monoisotopic (exact) mass is 323 g/mol. The molecule has 2 aliphatic rings. The third kappa shape index (κ3) is 2.21. The number of rotatable bonds is 2. The van der Waals surface area contributed by atoms with E-state index in [4.69, 9.17) is 0 Å².